The SMILES string of the molecule is CS(=O)(=O)O.CS(=O)(=O)O.O=C(Nc1cccc(C(=O)Nc2ccc(C3=NCCN3)cc2)c1)c1ccc(C2=NCCN2)cc1. The van der Waals surface area contributed by atoms with Gasteiger partial charge in [-0.25, -0.2) is 0 Å². The van der Waals surface area contributed by atoms with E-state index in [4.69, 9.17) is 9.11 Å². The van der Waals surface area contributed by atoms with Gasteiger partial charge in [-0.2, -0.15) is 16.8 Å². The Labute approximate surface area is 255 Å². The molecule has 0 saturated carbocycles. The maximum absolute atomic E-state index is 12.7. The molecular weight excluding hydrogens is 612 g/mol. The highest BCUT2D eigenvalue weighted by molar-refractivity contribution is 7.85. The van der Waals surface area contributed by atoms with Crippen molar-refractivity contribution in [2.75, 3.05) is 49.3 Å². The van der Waals surface area contributed by atoms with Crippen LogP contribution in [0.5, 0.6) is 0 Å². The molecule has 2 amide bonds. The van der Waals surface area contributed by atoms with Gasteiger partial charge in [0, 0.05) is 46.7 Å². The summed E-state index contributed by atoms with van der Waals surface area (Å²) in [4.78, 5) is 34.2. The number of rotatable bonds is 6. The van der Waals surface area contributed by atoms with E-state index in [2.05, 4.69) is 31.3 Å². The van der Waals surface area contributed by atoms with Gasteiger partial charge in [0.25, 0.3) is 32.1 Å². The minimum absolute atomic E-state index is 0.246. The van der Waals surface area contributed by atoms with Crippen molar-refractivity contribution in [3.63, 3.8) is 0 Å². The van der Waals surface area contributed by atoms with Crippen LogP contribution in [0.3, 0.4) is 0 Å². The number of amidine groups is 2. The van der Waals surface area contributed by atoms with Crippen LogP contribution in [0.25, 0.3) is 0 Å². The summed E-state index contributed by atoms with van der Waals surface area (Å²) >= 11 is 0. The number of hydrogen-bond acceptors (Lipinski definition) is 10. The number of carbonyl (C=O) groups is 2. The Morgan fingerprint density at radius 2 is 1.09 bits per heavy atom. The highest BCUT2D eigenvalue weighted by Gasteiger charge is 2.13. The molecule has 0 spiro atoms. The number of aliphatic imine (C=N–C) groups is 2. The van der Waals surface area contributed by atoms with Crippen LogP contribution in [0, 0.1) is 0 Å². The fourth-order valence-corrected chi connectivity index (χ4v) is 3.82. The van der Waals surface area contributed by atoms with Gasteiger partial charge in [-0.1, -0.05) is 18.2 Å². The summed E-state index contributed by atoms with van der Waals surface area (Å²) in [5.74, 6) is 1.23. The predicted molar refractivity (Wildman–Crippen MR) is 169 cm³/mol. The van der Waals surface area contributed by atoms with Crippen LogP contribution < -0.4 is 21.3 Å². The summed E-state index contributed by atoms with van der Waals surface area (Å²) in [6.45, 7) is 3.22. The fourth-order valence-electron chi connectivity index (χ4n) is 3.82. The number of carbonyl (C=O) groups excluding carboxylic acids is 2. The fraction of sp³-hybridized carbons (Fsp3) is 0.214. The number of anilines is 2. The number of nitrogens with zero attached hydrogens (tertiary/aromatic N) is 2. The van der Waals surface area contributed by atoms with Crippen LogP contribution in [0.15, 0.2) is 82.8 Å². The van der Waals surface area contributed by atoms with Crippen molar-refractivity contribution in [3.05, 3.63) is 95.1 Å². The first-order valence-corrected chi connectivity index (χ1v) is 16.7. The molecule has 14 nitrogen and oxygen atoms in total. The summed E-state index contributed by atoms with van der Waals surface area (Å²) in [7, 11) is -7.33. The summed E-state index contributed by atoms with van der Waals surface area (Å²) in [6.07, 6.45) is 1.43. The molecule has 5 rings (SSSR count). The van der Waals surface area contributed by atoms with E-state index in [1.807, 2.05) is 36.4 Å². The standard InChI is InChI=1S/C26H24N6O2.2CH4O3S/c33-25(19-6-4-17(5-7-19)23-27-12-13-28-23)32-22-3-1-2-20(16-22)26(34)31-21-10-8-18(9-11-21)24-29-14-15-30-24;2*1-5(2,3)4/h1-11,16H,12-15H2,(H,27,28)(H,29,30)(H,31,34)(H,32,33);2*1H3,(H,2,3,4). The Balaban J connectivity index is 0.000000461. The molecule has 16 heteroatoms. The number of hydrogen-bond donors (Lipinski definition) is 6. The Morgan fingerprint density at radius 1 is 0.659 bits per heavy atom. The lowest BCUT2D eigenvalue weighted by atomic mass is 10.1. The van der Waals surface area contributed by atoms with Crippen molar-refractivity contribution in [1.82, 2.24) is 10.6 Å². The lowest BCUT2D eigenvalue weighted by Gasteiger charge is -2.10. The molecule has 3 aromatic rings. The first-order valence-electron chi connectivity index (χ1n) is 13.0. The molecule has 0 saturated heterocycles. The normalized spacial score (nSPS) is 13.8. The van der Waals surface area contributed by atoms with Gasteiger partial charge in [0.1, 0.15) is 11.7 Å². The van der Waals surface area contributed by atoms with E-state index in [0.717, 1.165) is 49.0 Å². The average molecular weight is 645 g/mol. The van der Waals surface area contributed by atoms with Crippen molar-refractivity contribution in [2.45, 2.75) is 0 Å². The molecule has 0 radical (unpaired) electrons. The van der Waals surface area contributed by atoms with Gasteiger partial charge in [-0.05, 0) is 54.6 Å². The van der Waals surface area contributed by atoms with E-state index in [1.165, 1.54) is 0 Å². The third-order valence-corrected chi connectivity index (χ3v) is 5.57. The highest BCUT2D eigenvalue weighted by Crippen LogP contribution is 2.16. The van der Waals surface area contributed by atoms with E-state index in [1.54, 1.807) is 36.4 Å². The van der Waals surface area contributed by atoms with E-state index in [-0.39, 0.29) is 11.8 Å². The van der Waals surface area contributed by atoms with Crippen LogP contribution in [0.4, 0.5) is 11.4 Å². The van der Waals surface area contributed by atoms with Crippen LogP contribution in [0.2, 0.25) is 0 Å². The molecule has 3 aromatic carbocycles. The first-order chi connectivity index (χ1) is 20.7. The van der Waals surface area contributed by atoms with Crippen molar-refractivity contribution >= 4 is 55.1 Å². The summed E-state index contributed by atoms with van der Waals surface area (Å²) in [6, 6.07) is 21.7. The minimum Gasteiger partial charge on any atom is -0.368 e. The molecule has 0 atom stereocenters. The topological polar surface area (TPSA) is 216 Å². The van der Waals surface area contributed by atoms with Crippen LogP contribution in [0.1, 0.15) is 31.8 Å². The number of amides is 2. The monoisotopic (exact) mass is 644 g/mol. The molecule has 2 aliphatic rings. The Bertz CT molecular complexity index is 1710. The average Bonchev–Trinajstić information content (AvgIpc) is 3.67. The highest BCUT2D eigenvalue weighted by atomic mass is 32.2. The molecule has 2 aliphatic heterocycles. The molecule has 0 aromatic heterocycles. The predicted octanol–water partition coefficient (Wildman–Crippen LogP) is 1.90. The van der Waals surface area contributed by atoms with E-state index in [0.29, 0.717) is 35.0 Å². The molecule has 0 aliphatic carbocycles. The van der Waals surface area contributed by atoms with Gasteiger partial charge in [0.05, 0.1) is 25.6 Å². The van der Waals surface area contributed by atoms with Crippen molar-refractivity contribution in [1.29, 1.82) is 0 Å². The van der Waals surface area contributed by atoms with E-state index >= 15 is 0 Å². The van der Waals surface area contributed by atoms with Crippen LogP contribution in [-0.2, 0) is 20.2 Å². The lowest BCUT2D eigenvalue weighted by Crippen LogP contribution is -2.19. The number of nitrogens with one attached hydrogen (secondary N) is 4. The van der Waals surface area contributed by atoms with E-state index < -0.39 is 20.2 Å². The second kappa shape index (κ2) is 15.2. The quantitative estimate of drug-likeness (QED) is 0.214. The third kappa shape index (κ3) is 12.3. The molecule has 234 valence electrons. The molecule has 0 bridgehead atoms. The summed E-state index contributed by atoms with van der Waals surface area (Å²) in [5, 5.41) is 12.2. The zero-order chi connectivity index (χ0) is 32.3. The van der Waals surface area contributed by atoms with Crippen molar-refractivity contribution in [3.8, 4) is 0 Å². The Hall–Kier alpha value is -4.64. The van der Waals surface area contributed by atoms with Gasteiger partial charge in [-0.15, -0.1) is 0 Å². The second-order valence-electron chi connectivity index (χ2n) is 9.42. The summed E-state index contributed by atoms with van der Waals surface area (Å²) < 4.78 is 51.7. The zero-order valence-electron chi connectivity index (χ0n) is 23.8. The molecule has 6 N–H and O–H groups in total. The smallest absolute Gasteiger partial charge is 0.261 e. The first kappa shape index (κ1) is 33.9. The minimum atomic E-state index is -3.67. The second-order valence-corrected chi connectivity index (χ2v) is 12.4. The van der Waals surface area contributed by atoms with Gasteiger partial charge in [0.2, 0.25) is 0 Å². The molecular formula is C28H32N6O8S2. The van der Waals surface area contributed by atoms with E-state index in [9.17, 15) is 26.4 Å². The van der Waals surface area contributed by atoms with Crippen molar-refractivity contribution < 1.29 is 35.5 Å². The lowest BCUT2D eigenvalue weighted by molar-refractivity contribution is 0.101. The van der Waals surface area contributed by atoms with Gasteiger partial charge in [0.15, 0.2) is 0 Å². The van der Waals surface area contributed by atoms with Crippen molar-refractivity contribution in [2.24, 2.45) is 9.98 Å². The maximum Gasteiger partial charge on any atom is 0.261 e. The maximum atomic E-state index is 12.7. The van der Waals surface area contributed by atoms with Gasteiger partial charge < -0.3 is 21.3 Å². The molecule has 0 unspecified atom stereocenters. The molecule has 44 heavy (non-hydrogen) atoms. The van der Waals surface area contributed by atoms with Gasteiger partial charge in [-0.3, -0.25) is 28.7 Å². The number of benzene rings is 3. The summed E-state index contributed by atoms with van der Waals surface area (Å²) in [5.41, 5.74) is 4.14. The molecule has 0 fully saturated rings. The zero-order valence-corrected chi connectivity index (χ0v) is 25.4. The molecule has 2 heterocycles. The third-order valence-electron chi connectivity index (χ3n) is 5.57. The largest absolute Gasteiger partial charge is 0.368 e. The Kier molecular flexibility index (Phi) is 11.7. The van der Waals surface area contributed by atoms with Crippen LogP contribution >= 0.6 is 0 Å². The Morgan fingerprint density at radius 3 is 1.55 bits per heavy atom. The van der Waals surface area contributed by atoms with Gasteiger partial charge >= 0.3 is 0 Å². The van der Waals surface area contributed by atoms with Crippen LogP contribution in [-0.4, -0.2) is 88.1 Å².